The minimum atomic E-state index is -0.622. The summed E-state index contributed by atoms with van der Waals surface area (Å²) >= 11 is 0. The van der Waals surface area contributed by atoms with Gasteiger partial charge >= 0.3 is 5.69 Å². The average molecular weight is 424 g/mol. The topological polar surface area (TPSA) is 122 Å². The molecule has 162 valence electrons. The van der Waals surface area contributed by atoms with E-state index < -0.39 is 16.7 Å². The lowest BCUT2D eigenvalue weighted by molar-refractivity contribution is -0.122. The first-order chi connectivity index (χ1) is 14.6. The fraction of sp³-hybridized carbons (Fsp3) is 0.381. The van der Waals surface area contributed by atoms with Gasteiger partial charge in [0.25, 0.3) is 5.56 Å². The van der Waals surface area contributed by atoms with Gasteiger partial charge in [-0.15, -0.1) is 0 Å². The molecule has 1 aliphatic heterocycles. The summed E-state index contributed by atoms with van der Waals surface area (Å²) in [6.45, 7) is 4.10. The van der Waals surface area contributed by atoms with Gasteiger partial charge in [-0.2, -0.15) is 0 Å². The lowest BCUT2D eigenvalue weighted by atomic mass is 9.86. The molecule has 0 unspecified atom stereocenters. The molecular formula is C21H24N6O4. The summed E-state index contributed by atoms with van der Waals surface area (Å²) in [5.41, 5.74) is 0.655. The van der Waals surface area contributed by atoms with Crippen LogP contribution >= 0.6 is 0 Å². The summed E-state index contributed by atoms with van der Waals surface area (Å²) in [6.07, 6.45) is 0.122. The number of aromatic amines is 1. The molecule has 4 rings (SSSR count). The summed E-state index contributed by atoms with van der Waals surface area (Å²) < 4.78 is 2.27. The zero-order valence-electron chi connectivity index (χ0n) is 17.9. The fourth-order valence-electron chi connectivity index (χ4n) is 3.96. The highest BCUT2D eigenvalue weighted by atomic mass is 16.2. The Morgan fingerprint density at radius 2 is 1.84 bits per heavy atom. The van der Waals surface area contributed by atoms with Crippen LogP contribution in [0, 0.1) is 0 Å². The van der Waals surface area contributed by atoms with Crippen LogP contribution in [0.25, 0.3) is 11.2 Å². The molecule has 2 aromatic heterocycles. The van der Waals surface area contributed by atoms with Crippen LogP contribution in [0.5, 0.6) is 0 Å². The van der Waals surface area contributed by atoms with Crippen LogP contribution < -0.4 is 21.5 Å². The van der Waals surface area contributed by atoms with Gasteiger partial charge in [-0.25, -0.2) is 9.78 Å². The Labute approximate surface area is 177 Å². The van der Waals surface area contributed by atoms with Gasteiger partial charge in [0.05, 0.1) is 12.0 Å². The Morgan fingerprint density at radius 3 is 2.58 bits per heavy atom. The number of carbonyl (C=O) groups is 2. The summed E-state index contributed by atoms with van der Waals surface area (Å²) in [4.78, 5) is 58.3. The number of fused-ring (bicyclic) bond motifs is 2. The monoisotopic (exact) mass is 424 g/mol. The third-order valence-electron chi connectivity index (χ3n) is 5.81. The van der Waals surface area contributed by atoms with Gasteiger partial charge in [-0.3, -0.25) is 23.5 Å². The highest BCUT2D eigenvalue weighted by Gasteiger charge is 2.43. The predicted molar refractivity (Wildman–Crippen MR) is 115 cm³/mol. The van der Waals surface area contributed by atoms with E-state index in [1.165, 1.54) is 18.7 Å². The van der Waals surface area contributed by atoms with Crippen molar-refractivity contribution in [3.63, 3.8) is 0 Å². The van der Waals surface area contributed by atoms with E-state index in [0.29, 0.717) is 5.82 Å². The van der Waals surface area contributed by atoms with Gasteiger partial charge < -0.3 is 15.2 Å². The van der Waals surface area contributed by atoms with E-state index in [1.807, 2.05) is 38.1 Å². The number of para-hydroxylation sites is 1. The number of aryl methyl sites for hydroxylation is 1. The van der Waals surface area contributed by atoms with Crippen molar-refractivity contribution in [3.8, 4) is 0 Å². The number of hydrogen-bond acceptors (Lipinski definition) is 5. The van der Waals surface area contributed by atoms with Gasteiger partial charge in [0, 0.05) is 32.7 Å². The van der Waals surface area contributed by atoms with Gasteiger partial charge in [-0.05, 0) is 25.5 Å². The Kier molecular flexibility index (Phi) is 4.79. The maximum absolute atomic E-state index is 12.8. The van der Waals surface area contributed by atoms with Crippen molar-refractivity contribution < 1.29 is 9.59 Å². The number of nitrogens with zero attached hydrogens (tertiary/aromatic N) is 4. The summed E-state index contributed by atoms with van der Waals surface area (Å²) in [5, 5.41) is 2.74. The van der Waals surface area contributed by atoms with Gasteiger partial charge in [0.2, 0.25) is 11.8 Å². The Morgan fingerprint density at radius 1 is 1.13 bits per heavy atom. The second-order valence-electron chi connectivity index (χ2n) is 8.21. The van der Waals surface area contributed by atoms with Gasteiger partial charge in [0.15, 0.2) is 5.65 Å². The SMILES string of the molecule is Cn1c(=O)c2[nH]c(CNC(=O)CCN3C(=O)C(C)(C)c4ccccc43)nc2n(C)c1=O. The van der Waals surface area contributed by atoms with Gasteiger partial charge in [0.1, 0.15) is 11.3 Å². The van der Waals surface area contributed by atoms with E-state index in [9.17, 15) is 19.2 Å². The van der Waals surface area contributed by atoms with Crippen LogP contribution in [0.15, 0.2) is 33.9 Å². The average Bonchev–Trinajstić information content (AvgIpc) is 3.26. The highest BCUT2D eigenvalue weighted by molar-refractivity contribution is 6.07. The van der Waals surface area contributed by atoms with Crippen molar-refractivity contribution in [2.45, 2.75) is 32.2 Å². The third kappa shape index (κ3) is 3.24. The molecule has 0 bridgehead atoms. The Hall–Kier alpha value is -3.69. The van der Waals surface area contributed by atoms with E-state index in [2.05, 4.69) is 15.3 Å². The van der Waals surface area contributed by atoms with E-state index in [0.717, 1.165) is 15.8 Å². The lowest BCUT2D eigenvalue weighted by Crippen LogP contribution is -2.38. The fourth-order valence-corrected chi connectivity index (χ4v) is 3.96. The molecule has 0 fully saturated rings. The molecule has 2 N–H and O–H groups in total. The van der Waals surface area contributed by atoms with Gasteiger partial charge in [-0.1, -0.05) is 18.2 Å². The lowest BCUT2D eigenvalue weighted by Gasteiger charge is -2.20. The molecule has 31 heavy (non-hydrogen) atoms. The first-order valence-electron chi connectivity index (χ1n) is 9.95. The van der Waals surface area contributed by atoms with E-state index in [4.69, 9.17) is 0 Å². The van der Waals surface area contributed by atoms with Crippen molar-refractivity contribution in [1.82, 2.24) is 24.4 Å². The number of H-pyrrole nitrogens is 1. The molecule has 10 heteroatoms. The molecule has 0 aliphatic carbocycles. The molecule has 10 nitrogen and oxygen atoms in total. The minimum Gasteiger partial charge on any atom is -0.349 e. The van der Waals surface area contributed by atoms with Crippen LogP contribution in [0.3, 0.4) is 0 Å². The number of amides is 2. The zero-order valence-corrected chi connectivity index (χ0v) is 17.9. The van der Waals surface area contributed by atoms with E-state index >= 15 is 0 Å². The molecule has 0 atom stereocenters. The first-order valence-corrected chi connectivity index (χ1v) is 9.95. The largest absolute Gasteiger partial charge is 0.349 e. The maximum atomic E-state index is 12.8. The molecule has 1 aliphatic rings. The third-order valence-corrected chi connectivity index (χ3v) is 5.81. The molecule has 0 saturated heterocycles. The molecule has 1 aromatic carbocycles. The Balaban J connectivity index is 1.43. The zero-order chi connectivity index (χ0) is 22.5. The summed E-state index contributed by atoms with van der Waals surface area (Å²) in [7, 11) is 2.92. The predicted octanol–water partition coefficient (Wildman–Crippen LogP) is 0.291. The van der Waals surface area contributed by atoms with E-state index in [-0.39, 0.29) is 42.5 Å². The number of carbonyl (C=O) groups excluding carboxylic acids is 2. The number of imidazole rings is 1. The van der Waals surface area contributed by atoms with Crippen molar-refractivity contribution in [1.29, 1.82) is 0 Å². The van der Waals surface area contributed by atoms with Crippen LogP contribution in [-0.4, -0.2) is 37.5 Å². The number of benzene rings is 1. The van der Waals surface area contributed by atoms with Crippen molar-refractivity contribution >= 4 is 28.7 Å². The number of nitrogens with one attached hydrogen (secondary N) is 2. The highest BCUT2D eigenvalue weighted by Crippen LogP contribution is 2.41. The number of aromatic nitrogens is 4. The number of anilines is 1. The second-order valence-corrected chi connectivity index (χ2v) is 8.21. The second kappa shape index (κ2) is 7.22. The minimum absolute atomic E-state index is 0.0319. The smallest absolute Gasteiger partial charge is 0.332 e. The van der Waals surface area contributed by atoms with E-state index in [1.54, 1.807) is 4.90 Å². The van der Waals surface area contributed by atoms with Crippen LogP contribution in [0.4, 0.5) is 5.69 Å². The molecule has 3 aromatic rings. The number of rotatable bonds is 5. The summed E-state index contributed by atoms with van der Waals surface area (Å²) in [6, 6.07) is 7.60. The molecule has 0 saturated carbocycles. The quantitative estimate of drug-likeness (QED) is 0.610. The normalized spacial score (nSPS) is 14.8. The first kappa shape index (κ1) is 20.6. The standard InChI is InChI=1S/C21H24N6O4/c1-21(2)12-7-5-6-8-13(12)27(19(21)30)10-9-15(28)22-11-14-23-16-17(24-14)25(3)20(31)26(4)18(16)29/h5-8H,9-11H2,1-4H3,(H,22,28)(H,23,24). The molecule has 2 amide bonds. The molecular weight excluding hydrogens is 400 g/mol. The Bertz CT molecular complexity index is 1330. The molecule has 0 radical (unpaired) electrons. The molecule has 0 spiro atoms. The van der Waals surface area contributed by atoms with Crippen molar-refractivity contribution in [3.05, 3.63) is 56.5 Å². The van der Waals surface area contributed by atoms with Crippen LogP contribution in [-0.2, 0) is 35.6 Å². The van der Waals surface area contributed by atoms with Crippen molar-refractivity contribution in [2.24, 2.45) is 14.1 Å². The maximum Gasteiger partial charge on any atom is 0.332 e. The van der Waals surface area contributed by atoms with Crippen LogP contribution in [0.2, 0.25) is 0 Å². The van der Waals surface area contributed by atoms with Crippen molar-refractivity contribution in [2.75, 3.05) is 11.4 Å². The number of hydrogen-bond donors (Lipinski definition) is 2. The molecule has 3 heterocycles. The van der Waals surface area contributed by atoms with Crippen LogP contribution in [0.1, 0.15) is 31.7 Å². The summed E-state index contributed by atoms with van der Waals surface area (Å²) in [5.74, 6) is 0.0816.